The van der Waals surface area contributed by atoms with Crippen LogP contribution in [0.1, 0.15) is 10.4 Å². The first-order valence-corrected chi connectivity index (χ1v) is 8.32. The van der Waals surface area contributed by atoms with E-state index < -0.39 is 15.9 Å². The van der Waals surface area contributed by atoms with Crippen LogP contribution in [0.2, 0.25) is 0 Å². The maximum absolute atomic E-state index is 12.0. The molecule has 0 spiro atoms. The summed E-state index contributed by atoms with van der Waals surface area (Å²) in [6.07, 6.45) is 1.51. The number of hydrogen-bond acceptors (Lipinski definition) is 4. The van der Waals surface area contributed by atoms with Crippen molar-refractivity contribution < 1.29 is 13.2 Å². The van der Waals surface area contributed by atoms with Crippen molar-refractivity contribution in [2.45, 2.75) is 6.04 Å². The molecule has 0 unspecified atom stereocenters. The molecule has 6 heteroatoms. The zero-order valence-electron chi connectivity index (χ0n) is 9.87. The molecule has 98 valence electrons. The second-order valence-corrected chi connectivity index (χ2v) is 7.29. The van der Waals surface area contributed by atoms with E-state index in [0.717, 1.165) is 15.5 Å². The van der Waals surface area contributed by atoms with Gasteiger partial charge in [-0.15, -0.1) is 11.3 Å². The largest absolute Gasteiger partial charge is 0.345 e. The Bertz CT molecular complexity index is 774. The van der Waals surface area contributed by atoms with E-state index in [4.69, 9.17) is 0 Å². The Balaban J connectivity index is 1.79. The third kappa shape index (κ3) is 2.54. The predicted octanol–water partition coefficient (Wildman–Crippen LogP) is 1.94. The van der Waals surface area contributed by atoms with Crippen LogP contribution in [0, 0.1) is 0 Å². The molecule has 0 bridgehead atoms. The van der Waals surface area contributed by atoms with E-state index in [-0.39, 0.29) is 11.7 Å². The molecule has 0 radical (unpaired) electrons. The van der Waals surface area contributed by atoms with Gasteiger partial charge in [0.2, 0.25) is 0 Å². The Morgan fingerprint density at radius 1 is 1.32 bits per heavy atom. The van der Waals surface area contributed by atoms with E-state index in [1.165, 1.54) is 6.08 Å². The van der Waals surface area contributed by atoms with Crippen LogP contribution in [0.5, 0.6) is 0 Å². The summed E-state index contributed by atoms with van der Waals surface area (Å²) in [5.41, 5.74) is 0.545. The number of rotatable bonds is 2. The number of carbonyl (C=O) groups excluding carboxylic acids is 1. The lowest BCUT2D eigenvalue weighted by molar-refractivity contribution is 0.0948. The van der Waals surface area contributed by atoms with Gasteiger partial charge in [0.15, 0.2) is 9.84 Å². The highest BCUT2D eigenvalue weighted by molar-refractivity contribution is 7.94. The summed E-state index contributed by atoms with van der Waals surface area (Å²) >= 11 is 1.62. The van der Waals surface area contributed by atoms with Crippen LogP contribution in [-0.4, -0.2) is 26.1 Å². The molecule has 1 aromatic carbocycles. The molecule has 1 aliphatic rings. The third-order valence-electron chi connectivity index (χ3n) is 2.96. The number of fused-ring (bicyclic) bond motifs is 1. The lowest BCUT2D eigenvalue weighted by Crippen LogP contribution is -2.35. The van der Waals surface area contributed by atoms with Crippen LogP contribution in [0.15, 0.2) is 41.1 Å². The number of amides is 1. The van der Waals surface area contributed by atoms with Crippen LogP contribution in [0.25, 0.3) is 10.1 Å². The van der Waals surface area contributed by atoms with E-state index in [9.17, 15) is 13.2 Å². The highest BCUT2D eigenvalue weighted by Gasteiger charge is 2.23. The minimum absolute atomic E-state index is 0.0561. The van der Waals surface area contributed by atoms with Crippen molar-refractivity contribution in [2.24, 2.45) is 0 Å². The smallest absolute Gasteiger partial charge is 0.251 e. The van der Waals surface area contributed by atoms with Crippen molar-refractivity contribution in [3.05, 3.63) is 46.7 Å². The SMILES string of the molecule is O=C(N[C@H]1C=CS(=O)(=O)C1)c1ccc2sccc2c1. The molecule has 0 aliphatic carbocycles. The summed E-state index contributed by atoms with van der Waals surface area (Å²) in [7, 11) is -3.14. The van der Waals surface area contributed by atoms with Gasteiger partial charge in [0, 0.05) is 15.7 Å². The molecular weight excluding hydrogens is 282 g/mol. The van der Waals surface area contributed by atoms with Crippen LogP contribution < -0.4 is 5.32 Å². The highest BCUT2D eigenvalue weighted by Crippen LogP contribution is 2.21. The number of carbonyl (C=O) groups is 1. The number of benzene rings is 1. The Morgan fingerprint density at radius 2 is 2.16 bits per heavy atom. The van der Waals surface area contributed by atoms with Crippen molar-refractivity contribution >= 4 is 37.2 Å². The summed E-state index contributed by atoms with van der Waals surface area (Å²) in [6.45, 7) is 0. The molecule has 19 heavy (non-hydrogen) atoms. The van der Waals surface area contributed by atoms with Gasteiger partial charge >= 0.3 is 0 Å². The Hall–Kier alpha value is -1.66. The zero-order chi connectivity index (χ0) is 13.5. The highest BCUT2D eigenvalue weighted by atomic mass is 32.2. The molecule has 1 amide bonds. The van der Waals surface area contributed by atoms with Gasteiger partial charge in [-0.3, -0.25) is 4.79 Å². The van der Waals surface area contributed by atoms with Gasteiger partial charge in [-0.1, -0.05) is 0 Å². The fraction of sp³-hybridized carbons (Fsp3) is 0.154. The lowest BCUT2D eigenvalue weighted by atomic mass is 10.1. The van der Waals surface area contributed by atoms with Crippen LogP contribution >= 0.6 is 11.3 Å². The quantitative estimate of drug-likeness (QED) is 0.920. The van der Waals surface area contributed by atoms with Gasteiger partial charge in [-0.05, 0) is 41.1 Å². The van der Waals surface area contributed by atoms with E-state index in [1.54, 1.807) is 17.4 Å². The summed E-state index contributed by atoms with van der Waals surface area (Å²) in [6, 6.07) is 6.98. The summed E-state index contributed by atoms with van der Waals surface area (Å²) in [5.74, 6) is -0.306. The molecular formula is C13H11NO3S2. The Morgan fingerprint density at radius 3 is 2.89 bits per heavy atom. The third-order valence-corrected chi connectivity index (χ3v) is 5.25. The van der Waals surface area contributed by atoms with Gasteiger partial charge in [0.1, 0.15) is 0 Å². The standard InChI is InChI=1S/C13H11NO3S2/c15-13(14-11-4-6-19(16,17)8-11)10-1-2-12-9(7-10)3-5-18-12/h1-7,11H,8H2,(H,14,15)/t11-/m0/s1. The number of thiophene rings is 1. The molecule has 4 nitrogen and oxygen atoms in total. The normalized spacial score (nSPS) is 20.7. The van der Waals surface area contributed by atoms with E-state index >= 15 is 0 Å². The molecule has 2 aromatic rings. The van der Waals surface area contributed by atoms with E-state index in [2.05, 4.69) is 5.32 Å². The second-order valence-electron chi connectivity index (χ2n) is 4.41. The molecule has 1 N–H and O–H groups in total. The van der Waals surface area contributed by atoms with Crippen molar-refractivity contribution in [1.82, 2.24) is 5.32 Å². The fourth-order valence-electron chi connectivity index (χ4n) is 2.03. The summed E-state index contributed by atoms with van der Waals surface area (Å²) < 4.78 is 23.6. The molecule has 0 saturated heterocycles. The Kier molecular flexibility index (Phi) is 2.91. The first-order valence-electron chi connectivity index (χ1n) is 5.73. The average molecular weight is 293 g/mol. The predicted molar refractivity (Wildman–Crippen MR) is 76.0 cm³/mol. The molecule has 0 saturated carbocycles. The number of nitrogens with one attached hydrogen (secondary N) is 1. The number of hydrogen-bond donors (Lipinski definition) is 1. The molecule has 3 rings (SSSR count). The van der Waals surface area contributed by atoms with Gasteiger partial charge in [-0.25, -0.2) is 8.42 Å². The van der Waals surface area contributed by atoms with Crippen molar-refractivity contribution in [2.75, 3.05) is 5.75 Å². The lowest BCUT2D eigenvalue weighted by Gasteiger charge is -2.09. The minimum Gasteiger partial charge on any atom is -0.345 e. The minimum atomic E-state index is -3.14. The maximum atomic E-state index is 12.0. The Labute approximate surface area is 114 Å². The van der Waals surface area contributed by atoms with Crippen LogP contribution in [0.3, 0.4) is 0 Å². The second kappa shape index (κ2) is 4.47. The average Bonchev–Trinajstić information content (AvgIpc) is 2.94. The van der Waals surface area contributed by atoms with Gasteiger partial charge in [-0.2, -0.15) is 0 Å². The van der Waals surface area contributed by atoms with Crippen molar-refractivity contribution in [3.8, 4) is 0 Å². The van der Waals surface area contributed by atoms with Gasteiger partial charge in [0.05, 0.1) is 11.8 Å². The summed E-state index contributed by atoms with van der Waals surface area (Å²) in [4.78, 5) is 12.0. The molecule has 1 aliphatic heterocycles. The van der Waals surface area contributed by atoms with E-state index in [1.807, 2.05) is 23.6 Å². The first-order chi connectivity index (χ1) is 9.03. The summed E-state index contributed by atoms with van der Waals surface area (Å²) in [5, 5.41) is 6.85. The molecule has 0 fully saturated rings. The first kappa shape index (κ1) is 12.4. The van der Waals surface area contributed by atoms with Gasteiger partial charge < -0.3 is 5.32 Å². The zero-order valence-corrected chi connectivity index (χ0v) is 11.5. The molecule has 1 atom stereocenters. The molecule has 2 heterocycles. The molecule has 1 aromatic heterocycles. The van der Waals surface area contributed by atoms with Crippen LogP contribution in [-0.2, 0) is 9.84 Å². The topological polar surface area (TPSA) is 63.2 Å². The number of sulfone groups is 1. The van der Waals surface area contributed by atoms with Crippen LogP contribution in [0.4, 0.5) is 0 Å². The van der Waals surface area contributed by atoms with Gasteiger partial charge in [0.25, 0.3) is 5.91 Å². The monoisotopic (exact) mass is 293 g/mol. The van der Waals surface area contributed by atoms with Crippen molar-refractivity contribution in [3.63, 3.8) is 0 Å². The maximum Gasteiger partial charge on any atom is 0.251 e. The fourth-order valence-corrected chi connectivity index (χ4v) is 4.03. The van der Waals surface area contributed by atoms with Crippen molar-refractivity contribution in [1.29, 1.82) is 0 Å². The van der Waals surface area contributed by atoms with E-state index in [0.29, 0.717) is 5.56 Å².